The van der Waals surface area contributed by atoms with Gasteiger partial charge in [0.2, 0.25) is 5.91 Å². The van der Waals surface area contributed by atoms with Crippen LogP contribution in [0.25, 0.3) is 11.1 Å². The maximum atomic E-state index is 13.3. The number of amides is 1. The number of hydrogen-bond donors (Lipinski definition) is 2. The van der Waals surface area contributed by atoms with Gasteiger partial charge in [-0.25, -0.2) is 9.18 Å². The molecule has 0 saturated carbocycles. The molecule has 0 saturated heterocycles. The fraction of sp³-hybridized carbons (Fsp3) is 0.100. The Hall–Kier alpha value is -2.99. The number of thiophene rings is 1. The Morgan fingerprint density at radius 3 is 2.46 bits per heavy atom. The second kappa shape index (κ2) is 6.38. The van der Waals surface area contributed by atoms with Crippen molar-refractivity contribution in [1.82, 2.24) is 0 Å². The lowest BCUT2D eigenvalue weighted by molar-refractivity contribution is -0.116. The molecule has 2 N–H and O–H groups in total. The molecule has 1 amide bonds. The number of nitrogens with one attached hydrogen (secondary N) is 1. The molecule has 6 heteroatoms. The number of fused-ring (bicyclic) bond motifs is 1. The number of halogens is 1. The minimum absolute atomic E-state index is 0.143. The topological polar surface area (TPSA) is 66.4 Å². The molecule has 0 aliphatic carbocycles. The van der Waals surface area contributed by atoms with E-state index in [0.29, 0.717) is 16.8 Å². The highest BCUT2D eigenvalue weighted by Gasteiger charge is 2.34. The molecule has 4 rings (SSSR count). The van der Waals surface area contributed by atoms with Gasteiger partial charge in [-0.05, 0) is 23.3 Å². The minimum Gasteiger partial charge on any atom is -0.477 e. The van der Waals surface area contributed by atoms with Gasteiger partial charge < -0.3 is 10.4 Å². The van der Waals surface area contributed by atoms with Gasteiger partial charge in [0.05, 0.1) is 5.69 Å². The number of carbonyl (C=O) groups is 2. The largest absolute Gasteiger partial charge is 0.477 e. The average molecular weight is 367 g/mol. The molecule has 1 aromatic heterocycles. The Labute approximate surface area is 152 Å². The van der Waals surface area contributed by atoms with Gasteiger partial charge >= 0.3 is 5.97 Å². The predicted molar refractivity (Wildman–Crippen MR) is 98.2 cm³/mol. The van der Waals surface area contributed by atoms with Crippen molar-refractivity contribution in [2.45, 2.75) is 12.3 Å². The Balaban J connectivity index is 1.94. The summed E-state index contributed by atoms with van der Waals surface area (Å²) >= 11 is 1.17. The normalized spacial score (nSPS) is 16.0. The summed E-state index contributed by atoms with van der Waals surface area (Å²) in [5.74, 6) is -1.83. The molecule has 3 aromatic rings. The van der Waals surface area contributed by atoms with Gasteiger partial charge in [-0.3, -0.25) is 4.79 Å². The second-order valence-electron chi connectivity index (χ2n) is 6.07. The van der Waals surface area contributed by atoms with Gasteiger partial charge in [0.25, 0.3) is 0 Å². The van der Waals surface area contributed by atoms with Crippen molar-refractivity contribution in [3.8, 4) is 11.1 Å². The summed E-state index contributed by atoms with van der Waals surface area (Å²) in [6.45, 7) is 0. The zero-order chi connectivity index (χ0) is 18.3. The van der Waals surface area contributed by atoms with E-state index >= 15 is 0 Å². The zero-order valence-electron chi connectivity index (χ0n) is 13.5. The Morgan fingerprint density at radius 2 is 1.81 bits per heavy atom. The van der Waals surface area contributed by atoms with Gasteiger partial charge in [-0.1, -0.05) is 42.5 Å². The van der Waals surface area contributed by atoms with E-state index in [0.717, 1.165) is 10.4 Å². The van der Waals surface area contributed by atoms with Gasteiger partial charge in [0, 0.05) is 22.8 Å². The number of aromatic carboxylic acids is 1. The van der Waals surface area contributed by atoms with E-state index in [1.165, 1.54) is 35.6 Å². The molecule has 1 atom stereocenters. The zero-order valence-corrected chi connectivity index (χ0v) is 14.3. The summed E-state index contributed by atoms with van der Waals surface area (Å²) < 4.78 is 13.3. The lowest BCUT2D eigenvalue weighted by Gasteiger charge is -2.23. The van der Waals surface area contributed by atoms with Crippen LogP contribution in [-0.4, -0.2) is 17.0 Å². The van der Waals surface area contributed by atoms with Crippen LogP contribution in [0, 0.1) is 5.82 Å². The first-order chi connectivity index (χ1) is 12.5. The molecule has 130 valence electrons. The van der Waals surface area contributed by atoms with Crippen molar-refractivity contribution in [2.24, 2.45) is 0 Å². The third kappa shape index (κ3) is 2.78. The standard InChI is InChI=1S/C20H14FNO3S/c21-13-8-6-12(7-9-13)16-17-18(26-19(16)20(24)25)14(10-15(23)22-17)11-4-2-1-3-5-11/h1-9,14H,10H2,(H,22,23)(H,24,25). The number of carbonyl (C=O) groups excluding carboxylic acids is 1. The van der Waals surface area contributed by atoms with Gasteiger partial charge in [-0.2, -0.15) is 0 Å². The fourth-order valence-corrected chi connectivity index (χ4v) is 4.53. The van der Waals surface area contributed by atoms with Crippen LogP contribution in [0.15, 0.2) is 54.6 Å². The molecule has 4 nitrogen and oxygen atoms in total. The van der Waals surface area contributed by atoms with Gasteiger partial charge in [-0.15, -0.1) is 11.3 Å². The van der Waals surface area contributed by atoms with Crippen molar-refractivity contribution < 1.29 is 19.1 Å². The van der Waals surface area contributed by atoms with E-state index in [-0.39, 0.29) is 23.1 Å². The molecule has 0 radical (unpaired) electrons. The van der Waals surface area contributed by atoms with Crippen molar-refractivity contribution in [3.05, 3.63) is 75.7 Å². The Kier molecular flexibility index (Phi) is 4.05. The van der Waals surface area contributed by atoms with E-state index in [2.05, 4.69) is 5.32 Å². The van der Waals surface area contributed by atoms with Crippen LogP contribution in [0.4, 0.5) is 10.1 Å². The van der Waals surface area contributed by atoms with E-state index in [9.17, 15) is 19.1 Å². The van der Waals surface area contributed by atoms with Crippen LogP contribution in [0.3, 0.4) is 0 Å². The number of carboxylic acids is 1. The molecule has 0 bridgehead atoms. The maximum absolute atomic E-state index is 13.3. The fourth-order valence-electron chi connectivity index (χ4n) is 3.28. The summed E-state index contributed by atoms with van der Waals surface area (Å²) in [6.07, 6.45) is 0.263. The highest BCUT2D eigenvalue weighted by molar-refractivity contribution is 7.15. The summed E-state index contributed by atoms with van der Waals surface area (Å²) in [6, 6.07) is 15.2. The highest BCUT2D eigenvalue weighted by Crippen LogP contribution is 2.49. The molecule has 2 aromatic carbocycles. The Morgan fingerprint density at radius 1 is 1.12 bits per heavy atom. The lowest BCUT2D eigenvalue weighted by atomic mass is 9.89. The van der Waals surface area contributed by atoms with Crippen molar-refractivity contribution in [1.29, 1.82) is 0 Å². The summed E-state index contributed by atoms with van der Waals surface area (Å²) in [4.78, 5) is 25.1. The smallest absolute Gasteiger partial charge is 0.346 e. The number of hydrogen-bond acceptors (Lipinski definition) is 3. The number of carboxylic acid groups (broad SMARTS) is 1. The van der Waals surface area contributed by atoms with Crippen LogP contribution < -0.4 is 5.32 Å². The Bertz CT molecular complexity index is 996. The molecule has 1 aliphatic heterocycles. The average Bonchev–Trinajstić information content (AvgIpc) is 3.02. The van der Waals surface area contributed by atoms with Gasteiger partial charge in [0.1, 0.15) is 10.7 Å². The third-order valence-electron chi connectivity index (χ3n) is 4.43. The summed E-state index contributed by atoms with van der Waals surface area (Å²) in [7, 11) is 0. The van der Waals surface area contributed by atoms with Crippen LogP contribution in [-0.2, 0) is 4.79 Å². The van der Waals surface area contributed by atoms with Gasteiger partial charge in [0.15, 0.2) is 0 Å². The molecular formula is C20H14FNO3S. The number of anilines is 1. The lowest BCUT2D eigenvalue weighted by Crippen LogP contribution is -2.22. The van der Waals surface area contributed by atoms with E-state index in [1.54, 1.807) is 0 Å². The summed E-state index contributed by atoms with van der Waals surface area (Å²) in [5.41, 5.74) is 2.48. The first kappa shape index (κ1) is 16.5. The first-order valence-electron chi connectivity index (χ1n) is 8.05. The number of benzene rings is 2. The number of rotatable bonds is 3. The van der Waals surface area contributed by atoms with Crippen LogP contribution in [0.2, 0.25) is 0 Å². The van der Waals surface area contributed by atoms with E-state index in [4.69, 9.17) is 0 Å². The molecule has 0 spiro atoms. The van der Waals surface area contributed by atoms with Crippen molar-refractivity contribution >= 4 is 28.9 Å². The molecule has 26 heavy (non-hydrogen) atoms. The molecule has 1 unspecified atom stereocenters. The quantitative estimate of drug-likeness (QED) is 0.703. The molecule has 2 heterocycles. The summed E-state index contributed by atoms with van der Waals surface area (Å²) in [5, 5.41) is 12.5. The van der Waals surface area contributed by atoms with Crippen LogP contribution >= 0.6 is 11.3 Å². The second-order valence-corrected chi connectivity index (χ2v) is 7.13. The van der Waals surface area contributed by atoms with Crippen molar-refractivity contribution in [2.75, 3.05) is 5.32 Å². The van der Waals surface area contributed by atoms with Crippen LogP contribution in [0.5, 0.6) is 0 Å². The molecular weight excluding hydrogens is 353 g/mol. The van der Waals surface area contributed by atoms with Crippen LogP contribution in [0.1, 0.15) is 32.5 Å². The predicted octanol–water partition coefficient (Wildman–Crippen LogP) is 4.73. The van der Waals surface area contributed by atoms with E-state index < -0.39 is 11.8 Å². The monoisotopic (exact) mass is 367 g/mol. The highest BCUT2D eigenvalue weighted by atomic mass is 32.1. The third-order valence-corrected chi connectivity index (χ3v) is 5.73. The van der Waals surface area contributed by atoms with E-state index in [1.807, 2.05) is 30.3 Å². The first-order valence-corrected chi connectivity index (χ1v) is 8.87. The minimum atomic E-state index is -1.07. The molecule has 1 aliphatic rings. The van der Waals surface area contributed by atoms with Crippen molar-refractivity contribution in [3.63, 3.8) is 0 Å². The molecule has 0 fully saturated rings. The maximum Gasteiger partial charge on any atom is 0.346 e. The SMILES string of the molecule is O=C1CC(c2ccccc2)c2sc(C(=O)O)c(-c3ccc(F)cc3)c2N1.